The monoisotopic (exact) mass is 466 g/mol. The van der Waals surface area contributed by atoms with Crippen LogP contribution in [0.1, 0.15) is 11.4 Å². The van der Waals surface area contributed by atoms with Crippen LogP contribution >= 0.6 is 11.8 Å². The fraction of sp³-hybridized carbons (Fsp3) is 0.130. The van der Waals surface area contributed by atoms with E-state index in [1.165, 1.54) is 30.0 Å². The molecule has 3 aromatic carbocycles. The smallest absolute Gasteiger partial charge is 0.269 e. The van der Waals surface area contributed by atoms with Crippen molar-refractivity contribution in [3.05, 3.63) is 100 Å². The first-order chi connectivity index (χ1) is 16.0. The Morgan fingerprint density at radius 2 is 1.70 bits per heavy atom. The quantitative estimate of drug-likeness (QED) is 0.190. The van der Waals surface area contributed by atoms with Crippen LogP contribution in [0.3, 0.4) is 0 Å². The summed E-state index contributed by atoms with van der Waals surface area (Å²) >= 11 is 1.35. The normalized spacial score (nSPS) is 10.7. The topological polar surface area (TPSA) is 92.3 Å². The van der Waals surface area contributed by atoms with Crippen LogP contribution < -0.4 is 9.47 Å². The molecule has 0 aliphatic carbocycles. The van der Waals surface area contributed by atoms with E-state index in [4.69, 9.17) is 9.47 Å². The zero-order chi connectivity index (χ0) is 23.2. The number of hydrogen-bond acceptors (Lipinski definition) is 7. The van der Waals surface area contributed by atoms with Gasteiger partial charge in [-0.15, -0.1) is 10.2 Å². The molecule has 0 aliphatic heterocycles. The molecule has 4 aromatic rings. The lowest BCUT2D eigenvalue weighted by atomic mass is 10.2. The lowest BCUT2D eigenvalue weighted by Gasteiger charge is -2.12. The summed E-state index contributed by atoms with van der Waals surface area (Å²) in [7, 11) is 1.59. The minimum absolute atomic E-state index is 0.0243. The van der Waals surface area contributed by atoms with Crippen LogP contribution in [-0.4, -0.2) is 26.8 Å². The van der Waals surface area contributed by atoms with Crippen LogP contribution in [0.4, 0.5) is 10.1 Å². The van der Waals surface area contributed by atoms with Gasteiger partial charge in [0.25, 0.3) is 5.69 Å². The number of ether oxygens (including phenoxy) is 2. The van der Waals surface area contributed by atoms with Gasteiger partial charge in [0.2, 0.25) is 0 Å². The summed E-state index contributed by atoms with van der Waals surface area (Å²) in [6.07, 6.45) is 0. The average Bonchev–Trinajstić information content (AvgIpc) is 3.24. The van der Waals surface area contributed by atoms with Gasteiger partial charge in [-0.2, -0.15) is 0 Å². The standard InChI is InChI=1S/C23H19FN4O4S/c1-31-18-10-12-19(13-11-18)32-14-22-25-26-23(27(22)21-5-3-2-4-20(21)24)33-15-16-6-8-17(9-7-16)28(29)30/h2-13H,14-15H2,1H3. The SMILES string of the molecule is COc1ccc(OCc2nnc(SCc3ccc([N+](=O)[O-])cc3)n2-c2ccccc2F)cc1. The maximum atomic E-state index is 14.6. The summed E-state index contributed by atoms with van der Waals surface area (Å²) in [5.41, 5.74) is 1.20. The molecule has 33 heavy (non-hydrogen) atoms. The molecule has 10 heteroatoms. The van der Waals surface area contributed by atoms with Crippen molar-refractivity contribution in [2.45, 2.75) is 17.5 Å². The van der Waals surface area contributed by atoms with Crippen molar-refractivity contribution in [2.24, 2.45) is 0 Å². The van der Waals surface area contributed by atoms with Gasteiger partial charge in [-0.25, -0.2) is 4.39 Å². The van der Waals surface area contributed by atoms with Gasteiger partial charge in [-0.3, -0.25) is 14.7 Å². The number of rotatable bonds is 9. The van der Waals surface area contributed by atoms with Crippen LogP contribution in [-0.2, 0) is 12.4 Å². The Morgan fingerprint density at radius 3 is 2.36 bits per heavy atom. The molecule has 0 unspecified atom stereocenters. The van der Waals surface area contributed by atoms with E-state index in [9.17, 15) is 14.5 Å². The third-order valence-corrected chi connectivity index (χ3v) is 5.74. The van der Waals surface area contributed by atoms with Crippen LogP contribution in [0.2, 0.25) is 0 Å². The highest BCUT2D eigenvalue weighted by Crippen LogP contribution is 2.28. The molecule has 1 heterocycles. The minimum Gasteiger partial charge on any atom is -0.497 e. The molecule has 0 amide bonds. The van der Waals surface area contributed by atoms with Crippen molar-refractivity contribution in [1.82, 2.24) is 14.8 Å². The summed E-state index contributed by atoms with van der Waals surface area (Å²) in [5.74, 6) is 1.81. The number of para-hydroxylation sites is 1. The van der Waals surface area contributed by atoms with Gasteiger partial charge >= 0.3 is 0 Å². The second kappa shape index (κ2) is 10.1. The van der Waals surface area contributed by atoms with Gasteiger partial charge in [0.15, 0.2) is 11.0 Å². The van der Waals surface area contributed by atoms with Crippen LogP contribution in [0, 0.1) is 15.9 Å². The first kappa shape index (κ1) is 22.3. The largest absolute Gasteiger partial charge is 0.497 e. The molecule has 0 saturated heterocycles. The number of non-ortho nitro benzene ring substituents is 1. The molecular weight excluding hydrogens is 447 g/mol. The van der Waals surface area contributed by atoms with E-state index in [2.05, 4.69) is 10.2 Å². The van der Waals surface area contributed by atoms with Gasteiger partial charge in [0, 0.05) is 17.9 Å². The van der Waals surface area contributed by atoms with Gasteiger partial charge in [0.1, 0.15) is 23.9 Å². The number of nitrogens with zero attached hydrogens (tertiary/aromatic N) is 4. The molecule has 8 nitrogen and oxygen atoms in total. The number of methoxy groups -OCH3 is 1. The molecule has 0 fully saturated rings. The molecule has 0 saturated carbocycles. The van der Waals surface area contributed by atoms with Crippen LogP contribution in [0.5, 0.6) is 11.5 Å². The van der Waals surface area contributed by atoms with Crippen LogP contribution in [0.15, 0.2) is 78.0 Å². The van der Waals surface area contributed by atoms with Gasteiger partial charge in [-0.1, -0.05) is 36.0 Å². The van der Waals surface area contributed by atoms with Gasteiger partial charge in [0.05, 0.1) is 17.7 Å². The summed E-state index contributed by atoms with van der Waals surface area (Å²) in [5, 5.41) is 19.8. The molecule has 1 aromatic heterocycles. The Morgan fingerprint density at radius 1 is 1.00 bits per heavy atom. The Kier molecular flexibility index (Phi) is 6.84. The number of aromatic nitrogens is 3. The molecule has 4 rings (SSSR count). The van der Waals surface area contributed by atoms with Gasteiger partial charge in [-0.05, 0) is 42.0 Å². The molecule has 0 atom stereocenters. The van der Waals surface area contributed by atoms with E-state index in [-0.39, 0.29) is 12.3 Å². The molecule has 0 N–H and O–H groups in total. The minimum atomic E-state index is -0.444. The first-order valence-corrected chi connectivity index (χ1v) is 10.9. The Labute approximate surface area is 193 Å². The molecular formula is C23H19FN4O4S. The number of nitro benzene ring substituents is 1. The summed E-state index contributed by atoms with van der Waals surface area (Å²) in [6.45, 7) is 0.0752. The van der Waals surface area contributed by atoms with E-state index in [0.29, 0.717) is 33.9 Å². The van der Waals surface area contributed by atoms with E-state index in [0.717, 1.165) is 5.56 Å². The summed E-state index contributed by atoms with van der Waals surface area (Å²) in [6, 6.07) is 19.7. The second-order valence-electron chi connectivity index (χ2n) is 6.86. The van der Waals surface area contributed by atoms with Crippen molar-refractivity contribution in [1.29, 1.82) is 0 Å². The van der Waals surface area contributed by atoms with E-state index in [1.807, 2.05) is 0 Å². The number of thioether (sulfide) groups is 1. The number of nitro groups is 1. The van der Waals surface area contributed by atoms with Crippen molar-refractivity contribution >= 4 is 17.4 Å². The average molecular weight is 466 g/mol. The molecule has 0 radical (unpaired) electrons. The number of halogens is 1. The fourth-order valence-corrected chi connectivity index (χ4v) is 3.96. The number of benzene rings is 3. The first-order valence-electron chi connectivity index (χ1n) is 9.87. The zero-order valence-electron chi connectivity index (χ0n) is 17.6. The maximum Gasteiger partial charge on any atom is 0.269 e. The lowest BCUT2D eigenvalue weighted by molar-refractivity contribution is -0.384. The maximum absolute atomic E-state index is 14.6. The van der Waals surface area contributed by atoms with Crippen molar-refractivity contribution < 1.29 is 18.8 Å². The highest BCUT2D eigenvalue weighted by Gasteiger charge is 2.18. The third kappa shape index (κ3) is 5.29. The van der Waals surface area contributed by atoms with Crippen molar-refractivity contribution in [3.8, 4) is 17.2 Å². The van der Waals surface area contributed by atoms with E-state index in [1.54, 1.807) is 66.3 Å². The van der Waals surface area contributed by atoms with E-state index >= 15 is 0 Å². The summed E-state index contributed by atoms with van der Waals surface area (Å²) in [4.78, 5) is 10.4. The predicted molar refractivity (Wildman–Crippen MR) is 121 cm³/mol. The van der Waals surface area contributed by atoms with Gasteiger partial charge < -0.3 is 9.47 Å². The van der Waals surface area contributed by atoms with Crippen molar-refractivity contribution in [2.75, 3.05) is 7.11 Å². The Bertz CT molecular complexity index is 1250. The molecule has 168 valence electrons. The number of hydrogen-bond donors (Lipinski definition) is 0. The Balaban J connectivity index is 1.56. The third-order valence-electron chi connectivity index (χ3n) is 4.74. The highest BCUT2D eigenvalue weighted by atomic mass is 32.2. The molecule has 0 bridgehead atoms. The zero-order valence-corrected chi connectivity index (χ0v) is 18.4. The predicted octanol–water partition coefficient (Wildman–Crippen LogP) is 5.19. The second-order valence-corrected chi connectivity index (χ2v) is 7.80. The lowest BCUT2D eigenvalue weighted by Crippen LogP contribution is -2.08. The van der Waals surface area contributed by atoms with Crippen molar-refractivity contribution in [3.63, 3.8) is 0 Å². The highest BCUT2D eigenvalue weighted by molar-refractivity contribution is 7.98. The molecule has 0 aliphatic rings. The van der Waals surface area contributed by atoms with Crippen LogP contribution in [0.25, 0.3) is 5.69 Å². The Hall–Kier alpha value is -3.92. The van der Waals surface area contributed by atoms with E-state index < -0.39 is 10.7 Å². The summed E-state index contributed by atoms with van der Waals surface area (Å²) < 4.78 is 27.2. The molecule has 0 spiro atoms. The fourth-order valence-electron chi connectivity index (χ4n) is 3.04.